The molecule has 1 aromatic heterocycles. The molecule has 2 aromatic rings. The molecule has 2 heterocycles. The number of amides is 1. The first-order valence-corrected chi connectivity index (χ1v) is 8.36. The quantitative estimate of drug-likeness (QED) is 0.830. The summed E-state index contributed by atoms with van der Waals surface area (Å²) in [5, 5.41) is 0. The Morgan fingerprint density at radius 2 is 1.68 bits per heavy atom. The number of benzene rings is 1. The number of rotatable bonds is 4. The molecule has 0 spiro atoms. The molecule has 1 amide bonds. The maximum absolute atomic E-state index is 13.2. The Hall–Kier alpha value is -1.85. The second-order valence-corrected chi connectivity index (χ2v) is 6.62. The Bertz CT molecular complexity index is 721. The predicted molar refractivity (Wildman–Crippen MR) is 99.7 cm³/mol. The van der Waals surface area contributed by atoms with Crippen LogP contribution < -0.4 is 0 Å². The number of hydrogen-bond donors (Lipinski definition) is 0. The molecule has 1 saturated heterocycles. The summed E-state index contributed by atoms with van der Waals surface area (Å²) >= 11 is 0. The number of hydrogen-bond acceptors (Lipinski definition) is 2. The molecule has 0 saturated carbocycles. The molecule has 1 aliphatic heterocycles. The van der Waals surface area contributed by atoms with Gasteiger partial charge in [-0.05, 0) is 56.8 Å². The summed E-state index contributed by atoms with van der Waals surface area (Å²) in [5.41, 5.74) is 2.73. The van der Waals surface area contributed by atoms with Crippen LogP contribution in [0.25, 0.3) is 0 Å². The SMILES string of the molecule is CN(C)C(c1ccc(F)cc1)c1ccc(C(=O)N2CCCC2)n1C.Cl. The molecule has 1 aromatic carbocycles. The standard InChI is InChI=1S/C19H24FN3O.ClH/c1-21(2)18(14-6-8-15(20)9-7-14)16-10-11-17(22(16)3)19(24)23-12-4-5-13-23;/h6-11,18H,4-5,12-13H2,1-3H3;1H. The molecule has 0 N–H and O–H groups in total. The minimum atomic E-state index is -0.243. The number of nitrogens with zero attached hydrogens (tertiary/aromatic N) is 3. The van der Waals surface area contributed by atoms with Crippen molar-refractivity contribution in [2.24, 2.45) is 7.05 Å². The maximum atomic E-state index is 13.2. The van der Waals surface area contributed by atoms with Crippen molar-refractivity contribution in [1.29, 1.82) is 0 Å². The molecular formula is C19H25ClFN3O. The molecule has 25 heavy (non-hydrogen) atoms. The summed E-state index contributed by atoms with van der Waals surface area (Å²) < 4.78 is 15.2. The first-order valence-electron chi connectivity index (χ1n) is 8.36. The zero-order chi connectivity index (χ0) is 17.3. The lowest BCUT2D eigenvalue weighted by Crippen LogP contribution is -2.30. The van der Waals surface area contributed by atoms with Gasteiger partial charge in [-0.1, -0.05) is 12.1 Å². The van der Waals surface area contributed by atoms with E-state index in [9.17, 15) is 9.18 Å². The minimum Gasteiger partial charge on any atom is -0.342 e. The monoisotopic (exact) mass is 365 g/mol. The lowest BCUT2D eigenvalue weighted by molar-refractivity contribution is 0.0782. The molecule has 4 nitrogen and oxygen atoms in total. The maximum Gasteiger partial charge on any atom is 0.270 e. The van der Waals surface area contributed by atoms with E-state index in [2.05, 4.69) is 4.90 Å². The van der Waals surface area contributed by atoms with E-state index in [1.807, 2.05) is 42.7 Å². The molecule has 136 valence electrons. The van der Waals surface area contributed by atoms with E-state index in [1.54, 1.807) is 12.1 Å². The van der Waals surface area contributed by atoms with E-state index in [0.717, 1.165) is 37.2 Å². The second-order valence-electron chi connectivity index (χ2n) is 6.62. The van der Waals surface area contributed by atoms with E-state index >= 15 is 0 Å². The predicted octanol–water partition coefficient (Wildman–Crippen LogP) is 3.47. The minimum absolute atomic E-state index is 0. The summed E-state index contributed by atoms with van der Waals surface area (Å²) in [5.74, 6) is -0.147. The van der Waals surface area contributed by atoms with Gasteiger partial charge in [0.05, 0.1) is 6.04 Å². The van der Waals surface area contributed by atoms with Crippen LogP contribution in [0.5, 0.6) is 0 Å². The number of carbonyl (C=O) groups excluding carboxylic acids is 1. The van der Waals surface area contributed by atoms with Gasteiger partial charge in [0.1, 0.15) is 11.5 Å². The third kappa shape index (κ3) is 3.88. The van der Waals surface area contributed by atoms with Crippen molar-refractivity contribution in [2.45, 2.75) is 18.9 Å². The van der Waals surface area contributed by atoms with Gasteiger partial charge in [-0.15, -0.1) is 12.4 Å². The Labute approximate surface area is 154 Å². The van der Waals surface area contributed by atoms with Gasteiger partial charge >= 0.3 is 0 Å². The lowest BCUT2D eigenvalue weighted by Gasteiger charge is -2.26. The third-order valence-corrected chi connectivity index (χ3v) is 4.76. The highest BCUT2D eigenvalue weighted by atomic mass is 35.5. The molecular weight excluding hydrogens is 341 g/mol. The van der Waals surface area contributed by atoms with Crippen molar-refractivity contribution >= 4 is 18.3 Å². The van der Waals surface area contributed by atoms with E-state index in [1.165, 1.54) is 12.1 Å². The fourth-order valence-electron chi connectivity index (χ4n) is 3.48. The topological polar surface area (TPSA) is 28.5 Å². The van der Waals surface area contributed by atoms with Crippen LogP contribution in [0.4, 0.5) is 4.39 Å². The third-order valence-electron chi connectivity index (χ3n) is 4.76. The zero-order valence-corrected chi connectivity index (χ0v) is 15.7. The van der Waals surface area contributed by atoms with Gasteiger partial charge in [0.2, 0.25) is 0 Å². The van der Waals surface area contributed by atoms with Gasteiger partial charge < -0.3 is 9.47 Å². The first kappa shape index (κ1) is 19.5. The fourth-order valence-corrected chi connectivity index (χ4v) is 3.48. The fraction of sp³-hybridized carbons (Fsp3) is 0.421. The molecule has 0 bridgehead atoms. The molecule has 1 atom stereocenters. The molecule has 3 rings (SSSR count). The van der Waals surface area contributed by atoms with Gasteiger partial charge in [-0.3, -0.25) is 9.69 Å². The Balaban J connectivity index is 0.00000225. The van der Waals surface area contributed by atoms with Crippen molar-refractivity contribution in [1.82, 2.24) is 14.4 Å². The van der Waals surface area contributed by atoms with Crippen LogP contribution in [0.2, 0.25) is 0 Å². The number of halogens is 2. The van der Waals surface area contributed by atoms with Crippen LogP contribution in [-0.4, -0.2) is 47.5 Å². The Kier molecular flexibility index (Phi) is 6.25. The lowest BCUT2D eigenvalue weighted by atomic mass is 10.0. The van der Waals surface area contributed by atoms with E-state index in [0.29, 0.717) is 5.69 Å². The van der Waals surface area contributed by atoms with Gasteiger partial charge in [0, 0.05) is 25.8 Å². The molecule has 1 aliphatic rings. The summed E-state index contributed by atoms with van der Waals surface area (Å²) in [6.07, 6.45) is 2.16. The van der Waals surface area contributed by atoms with Gasteiger partial charge in [0.25, 0.3) is 5.91 Å². The van der Waals surface area contributed by atoms with E-state index in [-0.39, 0.29) is 30.2 Å². The summed E-state index contributed by atoms with van der Waals surface area (Å²) in [4.78, 5) is 16.7. The summed E-state index contributed by atoms with van der Waals surface area (Å²) in [6.45, 7) is 1.68. The smallest absolute Gasteiger partial charge is 0.270 e. The van der Waals surface area contributed by atoms with Crippen molar-refractivity contribution < 1.29 is 9.18 Å². The van der Waals surface area contributed by atoms with Crippen LogP contribution >= 0.6 is 12.4 Å². The van der Waals surface area contributed by atoms with Gasteiger partial charge in [-0.25, -0.2) is 4.39 Å². The van der Waals surface area contributed by atoms with E-state index in [4.69, 9.17) is 0 Å². The highest BCUT2D eigenvalue weighted by molar-refractivity contribution is 5.93. The number of carbonyl (C=O) groups is 1. The summed E-state index contributed by atoms with van der Waals surface area (Å²) in [7, 11) is 5.91. The first-order chi connectivity index (χ1) is 11.5. The van der Waals surface area contributed by atoms with Gasteiger partial charge in [0.15, 0.2) is 0 Å². The van der Waals surface area contributed by atoms with Crippen molar-refractivity contribution in [3.63, 3.8) is 0 Å². The average Bonchev–Trinajstić information content (AvgIpc) is 3.20. The number of likely N-dealkylation sites (tertiary alicyclic amines) is 1. The van der Waals surface area contributed by atoms with Crippen LogP contribution in [0.3, 0.4) is 0 Å². The normalized spacial score (nSPS) is 15.3. The molecule has 0 radical (unpaired) electrons. The number of aromatic nitrogens is 1. The van der Waals surface area contributed by atoms with Crippen molar-refractivity contribution in [3.8, 4) is 0 Å². The highest BCUT2D eigenvalue weighted by Crippen LogP contribution is 2.28. The zero-order valence-electron chi connectivity index (χ0n) is 14.9. The Morgan fingerprint density at radius 3 is 2.24 bits per heavy atom. The van der Waals surface area contributed by atoms with Crippen molar-refractivity contribution in [2.75, 3.05) is 27.2 Å². The van der Waals surface area contributed by atoms with Crippen LogP contribution in [-0.2, 0) is 7.05 Å². The molecule has 0 aliphatic carbocycles. The van der Waals surface area contributed by atoms with E-state index < -0.39 is 0 Å². The molecule has 6 heteroatoms. The highest BCUT2D eigenvalue weighted by Gasteiger charge is 2.26. The van der Waals surface area contributed by atoms with Crippen LogP contribution in [0.15, 0.2) is 36.4 Å². The average molecular weight is 366 g/mol. The van der Waals surface area contributed by atoms with Crippen LogP contribution in [0.1, 0.15) is 40.6 Å². The molecule has 1 fully saturated rings. The van der Waals surface area contributed by atoms with Crippen molar-refractivity contribution in [3.05, 3.63) is 59.2 Å². The second kappa shape index (κ2) is 8.02. The van der Waals surface area contributed by atoms with Crippen LogP contribution in [0, 0.1) is 5.82 Å². The van der Waals surface area contributed by atoms with Gasteiger partial charge in [-0.2, -0.15) is 0 Å². The Morgan fingerprint density at radius 1 is 1.08 bits per heavy atom. The summed E-state index contributed by atoms with van der Waals surface area (Å²) in [6, 6.07) is 10.4. The largest absolute Gasteiger partial charge is 0.342 e. The molecule has 1 unspecified atom stereocenters.